The second kappa shape index (κ2) is 4.14. The van der Waals surface area contributed by atoms with Gasteiger partial charge < -0.3 is 5.11 Å². The van der Waals surface area contributed by atoms with Gasteiger partial charge in [-0.05, 0) is 19.3 Å². The molecule has 0 saturated heterocycles. The highest BCUT2D eigenvalue weighted by atomic mass is 32.2. The van der Waals surface area contributed by atoms with Crippen LogP contribution in [0.1, 0.15) is 26.2 Å². The maximum absolute atomic E-state index is 11.5. The van der Waals surface area contributed by atoms with Crippen LogP contribution in [-0.2, 0) is 10.2 Å². The van der Waals surface area contributed by atoms with Crippen molar-refractivity contribution in [2.45, 2.75) is 31.8 Å². The second-order valence-corrected chi connectivity index (χ2v) is 5.68. The molecule has 1 rings (SSSR count). The maximum atomic E-state index is 11.5. The maximum Gasteiger partial charge on any atom is 0.279 e. The van der Waals surface area contributed by atoms with Crippen molar-refractivity contribution in [3.8, 4) is 0 Å². The van der Waals surface area contributed by atoms with Crippen LogP contribution in [0.3, 0.4) is 0 Å². The van der Waals surface area contributed by atoms with Gasteiger partial charge in [-0.3, -0.25) is 0 Å². The standard InChI is InChI=1S/C8H18N2O3S/c1-3-10(2)14(12,13)9-7-8(11)5-4-6-8/h9,11H,3-7H2,1-2H3. The largest absolute Gasteiger partial charge is 0.389 e. The van der Waals surface area contributed by atoms with E-state index in [0.29, 0.717) is 19.4 Å². The molecule has 0 aromatic rings. The summed E-state index contributed by atoms with van der Waals surface area (Å²) in [5.74, 6) is 0. The lowest BCUT2D eigenvalue weighted by molar-refractivity contribution is -0.0273. The third kappa shape index (κ3) is 2.66. The van der Waals surface area contributed by atoms with Gasteiger partial charge in [0, 0.05) is 20.1 Å². The molecule has 2 N–H and O–H groups in total. The fraction of sp³-hybridized carbons (Fsp3) is 1.00. The molecule has 0 spiro atoms. The molecule has 6 heteroatoms. The Balaban J connectivity index is 2.44. The average molecular weight is 222 g/mol. The first-order valence-corrected chi connectivity index (χ1v) is 6.27. The third-order valence-corrected chi connectivity index (χ3v) is 4.31. The smallest absolute Gasteiger partial charge is 0.279 e. The van der Waals surface area contributed by atoms with Crippen molar-refractivity contribution in [3.05, 3.63) is 0 Å². The molecule has 1 aliphatic rings. The second-order valence-electron chi connectivity index (χ2n) is 3.82. The molecular formula is C8H18N2O3S. The number of hydrogen-bond acceptors (Lipinski definition) is 3. The Morgan fingerprint density at radius 3 is 2.43 bits per heavy atom. The Hall–Kier alpha value is -0.170. The lowest BCUT2D eigenvalue weighted by Gasteiger charge is -2.36. The molecule has 0 aromatic heterocycles. The summed E-state index contributed by atoms with van der Waals surface area (Å²) < 4.78 is 26.5. The Bertz CT molecular complexity index is 285. The van der Waals surface area contributed by atoms with Crippen LogP contribution in [0.2, 0.25) is 0 Å². The fourth-order valence-electron chi connectivity index (χ4n) is 1.27. The van der Waals surface area contributed by atoms with Crippen LogP contribution >= 0.6 is 0 Å². The highest BCUT2D eigenvalue weighted by molar-refractivity contribution is 7.87. The van der Waals surface area contributed by atoms with E-state index in [9.17, 15) is 13.5 Å². The molecule has 0 radical (unpaired) electrons. The van der Waals surface area contributed by atoms with Gasteiger partial charge in [0.1, 0.15) is 0 Å². The zero-order valence-electron chi connectivity index (χ0n) is 8.65. The minimum Gasteiger partial charge on any atom is -0.389 e. The Morgan fingerprint density at radius 2 is 2.07 bits per heavy atom. The van der Waals surface area contributed by atoms with Crippen molar-refractivity contribution < 1.29 is 13.5 Å². The summed E-state index contributed by atoms with van der Waals surface area (Å²) in [6.07, 6.45) is 2.35. The van der Waals surface area contributed by atoms with Gasteiger partial charge in [-0.25, -0.2) is 0 Å². The summed E-state index contributed by atoms with van der Waals surface area (Å²) in [5.41, 5.74) is -0.804. The van der Waals surface area contributed by atoms with E-state index in [1.807, 2.05) is 0 Å². The van der Waals surface area contributed by atoms with E-state index in [0.717, 1.165) is 6.42 Å². The van der Waals surface area contributed by atoms with Gasteiger partial charge in [-0.2, -0.15) is 17.4 Å². The lowest BCUT2D eigenvalue weighted by atomic mass is 9.81. The van der Waals surface area contributed by atoms with Crippen LogP contribution in [0.15, 0.2) is 0 Å². The van der Waals surface area contributed by atoms with Crippen LogP contribution in [0.5, 0.6) is 0 Å². The zero-order chi connectivity index (χ0) is 10.8. The number of hydrogen-bond donors (Lipinski definition) is 2. The van der Waals surface area contributed by atoms with Crippen LogP contribution in [-0.4, -0.2) is 43.6 Å². The summed E-state index contributed by atoms with van der Waals surface area (Å²) in [7, 11) is -1.89. The van der Waals surface area contributed by atoms with Crippen LogP contribution in [0.25, 0.3) is 0 Å². The molecule has 0 bridgehead atoms. The van der Waals surface area contributed by atoms with Gasteiger partial charge in [-0.15, -0.1) is 0 Å². The highest BCUT2D eigenvalue weighted by Gasteiger charge is 2.35. The van der Waals surface area contributed by atoms with E-state index in [1.165, 1.54) is 11.4 Å². The quantitative estimate of drug-likeness (QED) is 0.670. The van der Waals surface area contributed by atoms with Crippen molar-refractivity contribution in [2.24, 2.45) is 0 Å². The third-order valence-electron chi connectivity index (χ3n) is 2.72. The van der Waals surface area contributed by atoms with Crippen molar-refractivity contribution in [2.75, 3.05) is 20.1 Å². The van der Waals surface area contributed by atoms with E-state index in [2.05, 4.69) is 4.72 Å². The molecule has 5 nitrogen and oxygen atoms in total. The Morgan fingerprint density at radius 1 is 1.50 bits per heavy atom. The first-order chi connectivity index (χ1) is 6.40. The summed E-state index contributed by atoms with van der Waals surface area (Å²) in [4.78, 5) is 0. The average Bonchev–Trinajstić information content (AvgIpc) is 2.10. The molecule has 0 unspecified atom stereocenters. The molecule has 0 aromatic carbocycles. The van der Waals surface area contributed by atoms with E-state index < -0.39 is 15.8 Å². The van der Waals surface area contributed by atoms with Gasteiger partial charge >= 0.3 is 0 Å². The van der Waals surface area contributed by atoms with Crippen LogP contribution < -0.4 is 4.72 Å². The topological polar surface area (TPSA) is 69.6 Å². The zero-order valence-corrected chi connectivity index (χ0v) is 9.47. The lowest BCUT2D eigenvalue weighted by Crippen LogP contribution is -2.50. The number of aliphatic hydroxyl groups is 1. The van der Waals surface area contributed by atoms with Crippen molar-refractivity contribution in [1.29, 1.82) is 0 Å². The first kappa shape index (κ1) is 11.9. The van der Waals surface area contributed by atoms with Gasteiger partial charge in [0.05, 0.1) is 5.60 Å². The van der Waals surface area contributed by atoms with E-state index >= 15 is 0 Å². The van der Waals surface area contributed by atoms with Crippen molar-refractivity contribution >= 4 is 10.2 Å². The van der Waals surface area contributed by atoms with E-state index in [1.54, 1.807) is 6.92 Å². The highest BCUT2D eigenvalue weighted by Crippen LogP contribution is 2.30. The molecule has 0 amide bonds. The molecular weight excluding hydrogens is 204 g/mol. The number of nitrogens with one attached hydrogen (secondary N) is 1. The predicted octanol–water partition coefficient (Wildman–Crippen LogP) is -0.313. The monoisotopic (exact) mass is 222 g/mol. The van der Waals surface area contributed by atoms with Crippen molar-refractivity contribution in [3.63, 3.8) is 0 Å². The summed E-state index contributed by atoms with van der Waals surface area (Å²) in [6, 6.07) is 0. The van der Waals surface area contributed by atoms with Gasteiger partial charge in [-0.1, -0.05) is 6.92 Å². The SMILES string of the molecule is CCN(C)S(=O)(=O)NCC1(O)CCC1. The Labute approximate surface area is 85.3 Å². The van der Waals surface area contributed by atoms with Crippen molar-refractivity contribution in [1.82, 2.24) is 9.03 Å². The van der Waals surface area contributed by atoms with E-state index in [-0.39, 0.29) is 6.54 Å². The molecule has 1 fully saturated rings. The number of rotatable bonds is 5. The first-order valence-electron chi connectivity index (χ1n) is 4.83. The van der Waals surface area contributed by atoms with Gasteiger partial charge in [0.2, 0.25) is 0 Å². The van der Waals surface area contributed by atoms with Crippen LogP contribution in [0, 0.1) is 0 Å². The minimum atomic E-state index is -3.40. The molecule has 0 aliphatic heterocycles. The summed E-state index contributed by atoms with van der Waals surface area (Å²) in [5, 5.41) is 9.68. The number of nitrogens with zero attached hydrogens (tertiary/aromatic N) is 1. The molecule has 14 heavy (non-hydrogen) atoms. The minimum absolute atomic E-state index is 0.125. The molecule has 84 valence electrons. The molecule has 0 heterocycles. The fourth-order valence-corrected chi connectivity index (χ4v) is 2.28. The van der Waals surface area contributed by atoms with Crippen LogP contribution in [0.4, 0.5) is 0 Å². The summed E-state index contributed by atoms with van der Waals surface area (Å²) in [6.45, 7) is 2.31. The molecule has 1 saturated carbocycles. The molecule has 0 atom stereocenters. The Kier molecular flexibility index (Phi) is 3.52. The molecule has 1 aliphatic carbocycles. The normalized spacial score (nSPS) is 20.9. The van der Waals surface area contributed by atoms with Gasteiger partial charge in [0.25, 0.3) is 10.2 Å². The predicted molar refractivity (Wildman–Crippen MR) is 54.0 cm³/mol. The van der Waals surface area contributed by atoms with Gasteiger partial charge in [0.15, 0.2) is 0 Å². The summed E-state index contributed by atoms with van der Waals surface area (Å²) >= 11 is 0. The van der Waals surface area contributed by atoms with E-state index in [4.69, 9.17) is 0 Å².